The van der Waals surface area contributed by atoms with Crippen LogP contribution in [-0.2, 0) is 0 Å². The van der Waals surface area contributed by atoms with Crippen LogP contribution in [0.25, 0.3) is 0 Å². The van der Waals surface area contributed by atoms with Crippen molar-refractivity contribution in [3.8, 4) is 0 Å². The molecule has 9 heavy (non-hydrogen) atoms. The number of hydrogen-bond donors (Lipinski definition) is 1. The molecule has 0 bridgehead atoms. The summed E-state index contributed by atoms with van der Waals surface area (Å²) in [6.45, 7) is 3.44. The van der Waals surface area contributed by atoms with Crippen molar-refractivity contribution in [2.45, 2.75) is 20.0 Å². The fourth-order valence-corrected chi connectivity index (χ4v) is 0. The summed E-state index contributed by atoms with van der Waals surface area (Å²) in [5, 5.41) is 8.06. The molecule has 1 N–H and O–H groups in total. The first kappa shape index (κ1) is 46.7. The topological polar surface area (TPSA) is 20.2 Å². The molecule has 0 spiro atoms. The second-order valence-corrected chi connectivity index (χ2v) is 1.09. The van der Waals surface area contributed by atoms with Crippen molar-refractivity contribution in [2.75, 3.05) is 0 Å². The monoisotopic (exact) mass is 164 g/mol. The summed E-state index contributed by atoms with van der Waals surface area (Å²) in [6.07, 6.45) is -0.167. The Hall–Kier alpha value is 1.52. The average Bonchev–Trinajstić information content (AvgIpc) is 0.811. The zero-order valence-corrected chi connectivity index (χ0v) is 9.28. The van der Waals surface area contributed by atoms with E-state index in [1.807, 2.05) is 0 Å². The van der Waals surface area contributed by atoms with E-state index >= 15 is 0 Å². The van der Waals surface area contributed by atoms with Gasteiger partial charge in [0.05, 0.1) is 0 Å². The van der Waals surface area contributed by atoms with Crippen LogP contribution in [0.4, 0.5) is 0 Å². The first-order valence-electron chi connectivity index (χ1n) is 1.41. The van der Waals surface area contributed by atoms with E-state index in [-0.39, 0.29) is 72.8 Å². The minimum Gasteiger partial charge on any atom is -1.00 e. The molecule has 0 atom stereocenters. The number of rotatable bonds is 0. The summed E-state index contributed by atoms with van der Waals surface area (Å²) in [5.74, 6) is 0. The van der Waals surface area contributed by atoms with Crippen LogP contribution in [0.2, 0.25) is 0 Å². The molecule has 0 aliphatic heterocycles. The van der Waals surface area contributed by atoms with Gasteiger partial charge < -0.3 is 19.2 Å². The number of aliphatic hydroxyl groups excluding tert-OH is 1. The second kappa shape index (κ2) is 33.8. The molecule has 50 valence electrons. The van der Waals surface area contributed by atoms with Crippen LogP contribution in [-0.4, -0.2) is 34.3 Å². The second-order valence-electron chi connectivity index (χ2n) is 1.09. The standard InChI is InChI=1S/C3H8O.3FH.Mg.Na/c1-3(2)4;;;;;/h3-4H,1-2H3;3*1H;;/q;;;;+2;+1/p-3. The van der Waals surface area contributed by atoms with E-state index in [4.69, 9.17) is 5.11 Å². The van der Waals surface area contributed by atoms with Crippen molar-refractivity contribution in [3.05, 3.63) is 0 Å². The Morgan fingerprint density at radius 3 is 1.00 bits per heavy atom. The third kappa shape index (κ3) is 234. The Bertz CT molecular complexity index is 23.8. The quantitative estimate of drug-likeness (QED) is 0.353. The van der Waals surface area contributed by atoms with Gasteiger partial charge in [0.1, 0.15) is 0 Å². The van der Waals surface area contributed by atoms with E-state index in [1.165, 1.54) is 0 Å². The third-order valence-electron chi connectivity index (χ3n) is 0. The summed E-state index contributed by atoms with van der Waals surface area (Å²) in [7, 11) is 0. The predicted molar refractivity (Wildman–Crippen MR) is 23.1 cm³/mol. The van der Waals surface area contributed by atoms with Crippen molar-refractivity contribution in [2.24, 2.45) is 0 Å². The van der Waals surface area contributed by atoms with Crippen molar-refractivity contribution in [1.29, 1.82) is 0 Å². The molecule has 0 rings (SSSR count). The van der Waals surface area contributed by atoms with Gasteiger partial charge in [0.2, 0.25) is 0 Å². The van der Waals surface area contributed by atoms with Gasteiger partial charge in [0.25, 0.3) is 0 Å². The van der Waals surface area contributed by atoms with E-state index in [2.05, 4.69) is 0 Å². The summed E-state index contributed by atoms with van der Waals surface area (Å²) in [4.78, 5) is 0. The van der Waals surface area contributed by atoms with E-state index in [9.17, 15) is 0 Å². The van der Waals surface area contributed by atoms with Crippen molar-refractivity contribution < 1.29 is 48.8 Å². The van der Waals surface area contributed by atoms with Crippen LogP contribution in [0.3, 0.4) is 0 Å². The van der Waals surface area contributed by atoms with Crippen molar-refractivity contribution in [1.82, 2.24) is 0 Å². The van der Waals surface area contributed by atoms with E-state index < -0.39 is 0 Å². The summed E-state index contributed by atoms with van der Waals surface area (Å²) >= 11 is 0. The van der Waals surface area contributed by atoms with Gasteiger partial charge in [-0.25, -0.2) is 0 Å². The fourth-order valence-electron chi connectivity index (χ4n) is 0. The van der Waals surface area contributed by atoms with Gasteiger partial charge in [-0.2, -0.15) is 0 Å². The molecule has 0 aliphatic carbocycles. The van der Waals surface area contributed by atoms with Crippen LogP contribution < -0.4 is 43.7 Å². The average molecular weight is 164 g/mol. The smallest absolute Gasteiger partial charge is 1.00 e. The van der Waals surface area contributed by atoms with Gasteiger partial charge in [-0.1, -0.05) is 0 Å². The molecule has 0 heterocycles. The first-order chi connectivity index (χ1) is 1.73. The maximum atomic E-state index is 8.06. The van der Waals surface area contributed by atoms with Gasteiger partial charge in [0, 0.05) is 6.10 Å². The van der Waals surface area contributed by atoms with Gasteiger partial charge in [-0.3, -0.25) is 0 Å². The van der Waals surface area contributed by atoms with Crippen molar-refractivity contribution >= 4 is 23.1 Å². The normalized spacial score (nSPS) is 4.00. The molecule has 0 fully saturated rings. The molecule has 0 aliphatic rings. The van der Waals surface area contributed by atoms with Crippen LogP contribution in [0.15, 0.2) is 0 Å². The molecule has 1 nitrogen and oxygen atoms in total. The molecule has 0 unspecified atom stereocenters. The summed E-state index contributed by atoms with van der Waals surface area (Å²) in [6, 6.07) is 0. The molecule has 0 aromatic heterocycles. The summed E-state index contributed by atoms with van der Waals surface area (Å²) < 4.78 is 0. The Labute approximate surface area is 91.1 Å². The SMILES string of the molecule is CC(C)O.[F-].[F-].[F-].[Mg+2].[Na+]. The number of hydrogen-bond acceptors (Lipinski definition) is 1. The zero-order chi connectivity index (χ0) is 3.58. The number of halogens is 3. The largest absolute Gasteiger partial charge is 2.00 e. The maximum absolute atomic E-state index is 8.06. The molecular formula is C3H8F3MgNaO. The minimum atomic E-state index is -0.167. The molecule has 0 aromatic carbocycles. The van der Waals surface area contributed by atoms with E-state index in [1.54, 1.807) is 13.8 Å². The maximum Gasteiger partial charge on any atom is 2.00 e. The molecule has 0 amide bonds. The Morgan fingerprint density at radius 1 is 1.00 bits per heavy atom. The minimum absolute atomic E-state index is 0. The molecule has 0 saturated heterocycles. The first-order valence-corrected chi connectivity index (χ1v) is 1.41. The Balaban J connectivity index is -0.00000000450. The third-order valence-corrected chi connectivity index (χ3v) is 0. The molecule has 0 radical (unpaired) electrons. The van der Waals surface area contributed by atoms with E-state index in [0.717, 1.165) is 0 Å². The van der Waals surface area contributed by atoms with Crippen LogP contribution in [0, 0.1) is 0 Å². The fraction of sp³-hybridized carbons (Fsp3) is 1.00. The molecule has 6 heteroatoms. The van der Waals surface area contributed by atoms with E-state index in [0.29, 0.717) is 0 Å². The van der Waals surface area contributed by atoms with Crippen LogP contribution in [0.5, 0.6) is 0 Å². The predicted octanol–water partition coefficient (Wildman–Crippen LogP) is -12.0. The zero-order valence-electron chi connectivity index (χ0n) is 5.87. The number of aliphatic hydroxyl groups is 1. The molecule has 0 aromatic rings. The van der Waals surface area contributed by atoms with Crippen molar-refractivity contribution in [3.63, 3.8) is 0 Å². The van der Waals surface area contributed by atoms with Gasteiger partial charge in [-0.05, 0) is 13.8 Å². The van der Waals surface area contributed by atoms with Crippen LogP contribution in [0.1, 0.15) is 13.8 Å². The van der Waals surface area contributed by atoms with Gasteiger partial charge in [-0.15, -0.1) is 0 Å². The summed E-state index contributed by atoms with van der Waals surface area (Å²) in [5.41, 5.74) is 0. The Morgan fingerprint density at radius 2 is 1.00 bits per heavy atom. The Kier molecular flexibility index (Phi) is 176. The van der Waals surface area contributed by atoms with Crippen LogP contribution >= 0.6 is 0 Å². The molecule has 0 saturated carbocycles. The molecular weight excluding hydrogens is 156 g/mol. The van der Waals surface area contributed by atoms with Gasteiger partial charge in [0.15, 0.2) is 0 Å². The van der Waals surface area contributed by atoms with Gasteiger partial charge >= 0.3 is 52.6 Å².